The van der Waals surface area contributed by atoms with Crippen LogP contribution in [0.15, 0.2) is 57.8 Å². The molecule has 0 radical (unpaired) electrons. The van der Waals surface area contributed by atoms with Crippen LogP contribution in [0.5, 0.6) is 0 Å². The Bertz CT molecular complexity index is 1390. The van der Waals surface area contributed by atoms with Crippen LogP contribution in [0.3, 0.4) is 0 Å². The van der Waals surface area contributed by atoms with Gasteiger partial charge in [0.05, 0.1) is 4.90 Å². The average molecular weight is 441 g/mol. The van der Waals surface area contributed by atoms with E-state index in [1.807, 2.05) is 44.2 Å². The van der Waals surface area contributed by atoms with E-state index in [0.29, 0.717) is 11.2 Å². The van der Waals surface area contributed by atoms with Gasteiger partial charge in [0.25, 0.3) is 0 Å². The Balaban J connectivity index is 1.77. The molecule has 7 nitrogen and oxygen atoms in total. The van der Waals surface area contributed by atoms with Crippen LogP contribution in [-0.2, 0) is 14.8 Å². The van der Waals surface area contributed by atoms with Crippen molar-refractivity contribution in [2.75, 3.05) is 0 Å². The first kappa shape index (κ1) is 21.1. The largest absolute Gasteiger partial charge is 0.480 e. The zero-order valence-corrected chi connectivity index (χ0v) is 18.5. The maximum Gasteiger partial charge on any atom is 0.322 e. The molecule has 0 spiro atoms. The van der Waals surface area contributed by atoms with Crippen molar-refractivity contribution in [1.82, 2.24) is 9.29 Å². The standard InChI is InChI=1S/C23H24N2O5S/c1-13(2)22(23(26)27)24-31(28,29)17-8-10-19-18-9-7-16(11-20(18)30-21(19)12-17)25-14(3)5-6-15(25)4/h5-13,22,24H,1-4H3,(H,26,27)/t22-/m0/s1. The van der Waals surface area contributed by atoms with Crippen molar-refractivity contribution in [1.29, 1.82) is 0 Å². The Morgan fingerprint density at radius 3 is 2.13 bits per heavy atom. The lowest BCUT2D eigenvalue weighted by molar-refractivity contribution is -0.140. The van der Waals surface area contributed by atoms with Gasteiger partial charge in [-0.1, -0.05) is 13.8 Å². The minimum absolute atomic E-state index is 0.0386. The minimum Gasteiger partial charge on any atom is -0.480 e. The van der Waals surface area contributed by atoms with E-state index < -0.39 is 28.0 Å². The Morgan fingerprint density at radius 1 is 0.968 bits per heavy atom. The summed E-state index contributed by atoms with van der Waals surface area (Å²) in [4.78, 5) is 11.4. The van der Waals surface area contributed by atoms with Crippen LogP contribution in [-0.4, -0.2) is 30.1 Å². The number of aryl methyl sites for hydroxylation is 2. The SMILES string of the molecule is Cc1ccc(C)n1-c1ccc2c(c1)oc1cc(S(=O)(=O)N[C@H](C(=O)O)C(C)C)ccc12. The van der Waals surface area contributed by atoms with Gasteiger partial charge < -0.3 is 14.1 Å². The van der Waals surface area contributed by atoms with Crippen LogP contribution in [0, 0.1) is 19.8 Å². The molecule has 2 aromatic carbocycles. The average Bonchev–Trinajstić information content (AvgIpc) is 3.23. The Labute approximate surface area is 180 Å². The molecule has 0 saturated carbocycles. The summed E-state index contributed by atoms with van der Waals surface area (Å²) in [7, 11) is -4.03. The number of nitrogens with zero attached hydrogens (tertiary/aromatic N) is 1. The number of hydrogen-bond acceptors (Lipinski definition) is 4. The third-order valence-corrected chi connectivity index (χ3v) is 6.92. The van der Waals surface area contributed by atoms with Gasteiger partial charge >= 0.3 is 5.97 Å². The molecule has 0 aliphatic carbocycles. The highest BCUT2D eigenvalue weighted by Gasteiger charge is 2.28. The fourth-order valence-corrected chi connectivity index (χ4v) is 5.19. The second-order valence-corrected chi connectivity index (χ2v) is 9.79. The Hall–Kier alpha value is -3.10. The first-order valence-corrected chi connectivity index (χ1v) is 11.4. The highest BCUT2D eigenvalue weighted by atomic mass is 32.2. The number of aliphatic carboxylic acids is 1. The van der Waals surface area contributed by atoms with Crippen molar-refractivity contribution in [3.63, 3.8) is 0 Å². The second kappa shape index (κ2) is 7.55. The summed E-state index contributed by atoms with van der Waals surface area (Å²) in [5.41, 5.74) is 4.24. The summed E-state index contributed by atoms with van der Waals surface area (Å²) < 4.78 is 35.9. The maximum atomic E-state index is 12.8. The van der Waals surface area contributed by atoms with Gasteiger partial charge in [-0.05, 0) is 56.2 Å². The number of carboxylic acid groups (broad SMARTS) is 1. The Morgan fingerprint density at radius 2 is 1.55 bits per heavy atom. The van der Waals surface area contributed by atoms with E-state index in [1.54, 1.807) is 19.9 Å². The Kier molecular flexibility index (Phi) is 5.15. The van der Waals surface area contributed by atoms with Crippen LogP contribution in [0.1, 0.15) is 25.2 Å². The summed E-state index contributed by atoms with van der Waals surface area (Å²) in [6, 6.07) is 13.4. The predicted octanol–water partition coefficient (Wildman–Crippen LogP) is 4.38. The summed E-state index contributed by atoms with van der Waals surface area (Å²) in [5.74, 6) is -1.62. The molecule has 2 heterocycles. The number of fused-ring (bicyclic) bond motifs is 3. The van der Waals surface area contributed by atoms with Gasteiger partial charge in [0.15, 0.2) is 0 Å². The fourth-order valence-electron chi connectivity index (χ4n) is 3.83. The lowest BCUT2D eigenvalue weighted by Gasteiger charge is -2.17. The molecule has 2 N–H and O–H groups in total. The lowest BCUT2D eigenvalue weighted by atomic mass is 10.1. The zero-order valence-electron chi connectivity index (χ0n) is 17.7. The lowest BCUT2D eigenvalue weighted by Crippen LogP contribution is -2.44. The number of hydrogen-bond donors (Lipinski definition) is 2. The van der Waals surface area contributed by atoms with E-state index in [-0.39, 0.29) is 4.90 Å². The van der Waals surface area contributed by atoms with Crippen molar-refractivity contribution >= 4 is 37.9 Å². The van der Waals surface area contributed by atoms with Gasteiger partial charge in [0, 0.05) is 40.0 Å². The van der Waals surface area contributed by atoms with E-state index in [0.717, 1.165) is 27.8 Å². The van der Waals surface area contributed by atoms with E-state index in [9.17, 15) is 18.3 Å². The molecule has 162 valence electrons. The molecule has 0 aliphatic heterocycles. The van der Waals surface area contributed by atoms with Gasteiger partial charge in [-0.15, -0.1) is 0 Å². The summed E-state index contributed by atoms with van der Waals surface area (Å²) in [5, 5.41) is 11.0. The van der Waals surface area contributed by atoms with Gasteiger partial charge in [0.1, 0.15) is 17.2 Å². The van der Waals surface area contributed by atoms with Gasteiger partial charge in [-0.2, -0.15) is 4.72 Å². The number of furan rings is 1. The summed E-state index contributed by atoms with van der Waals surface area (Å²) in [6.07, 6.45) is 0. The molecule has 0 unspecified atom stereocenters. The molecule has 2 aromatic heterocycles. The second-order valence-electron chi connectivity index (χ2n) is 8.07. The third kappa shape index (κ3) is 3.73. The summed E-state index contributed by atoms with van der Waals surface area (Å²) >= 11 is 0. The van der Waals surface area contributed by atoms with Crippen molar-refractivity contribution in [2.24, 2.45) is 5.92 Å². The number of sulfonamides is 1. The quantitative estimate of drug-likeness (QED) is 0.463. The molecule has 1 atom stereocenters. The first-order valence-electron chi connectivity index (χ1n) is 9.95. The molecular formula is C23H24N2O5S. The molecule has 8 heteroatoms. The predicted molar refractivity (Wildman–Crippen MR) is 119 cm³/mol. The van der Waals surface area contributed by atoms with Crippen LogP contribution in [0.4, 0.5) is 0 Å². The van der Waals surface area contributed by atoms with E-state index in [4.69, 9.17) is 4.42 Å². The van der Waals surface area contributed by atoms with Crippen molar-refractivity contribution < 1.29 is 22.7 Å². The molecule has 4 rings (SSSR count). The minimum atomic E-state index is -4.03. The topological polar surface area (TPSA) is 102 Å². The number of carbonyl (C=O) groups is 1. The number of rotatable bonds is 6. The summed E-state index contributed by atoms with van der Waals surface area (Å²) in [6.45, 7) is 7.36. The van der Waals surface area contributed by atoms with Crippen LogP contribution in [0.2, 0.25) is 0 Å². The molecule has 31 heavy (non-hydrogen) atoms. The van der Waals surface area contributed by atoms with E-state index in [2.05, 4.69) is 9.29 Å². The molecule has 0 saturated heterocycles. The first-order chi connectivity index (χ1) is 14.6. The van der Waals surface area contributed by atoms with E-state index in [1.165, 1.54) is 12.1 Å². The van der Waals surface area contributed by atoms with Crippen LogP contribution < -0.4 is 4.72 Å². The van der Waals surface area contributed by atoms with Gasteiger partial charge in [-0.3, -0.25) is 4.79 Å². The number of carboxylic acids is 1. The number of aromatic nitrogens is 1. The normalized spacial score (nSPS) is 13.3. The number of benzene rings is 2. The molecule has 4 aromatic rings. The molecule has 0 aliphatic rings. The van der Waals surface area contributed by atoms with Gasteiger partial charge in [0.2, 0.25) is 10.0 Å². The van der Waals surface area contributed by atoms with Crippen molar-refractivity contribution in [3.05, 3.63) is 59.9 Å². The fraction of sp³-hybridized carbons (Fsp3) is 0.261. The van der Waals surface area contributed by atoms with Crippen LogP contribution in [0.25, 0.3) is 27.6 Å². The smallest absolute Gasteiger partial charge is 0.322 e. The molecule has 0 bridgehead atoms. The molecule has 0 amide bonds. The zero-order chi connectivity index (χ0) is 22.5. The maximum absolute atomic E-state index is 12.8. The van der Waals surface area contributed by atoms with E-state index >= 15 is 0 Å². The third-order valence-electron chi connectivity index (χ3n) is 5.48. The number of nitrogens with one attached hydrogen (secondary N) is 1. The van der Waals surface area contributed by atoms with Gasteiger partial charge in [-0.25, -0.2) is 8.42 Å². The highest BCUT2D eigenvalue weighted by molar-refractivity contribution is 7.89. The van der Waals surface area contributed by atoms with Crippen LogP contribution >= 0.6 is 0 Å². The van der Waals surface area contributed by atoms with Crippen molar-refractivity contribution in [3.8, 4) is 5.69 Å². The monoisotopic (exact) mass is 440 g/mol. The van der Waals surface area contributed by atoms with Crippen molar-refractivity contribution in [2.45, 2.75) is 38.6 Å². The molecular weight excluding hydrogens is 416 g/mol. The molecule has 0 fully saturated rings. The highest BCUT2D eigenvalue weighted by Crippen LogP contribution is 2.32.